The minimum Gasteiger partial charge on any atom is -0.481 e. The van der Waals surface area contributed by atoms with E-state index < -0.39 is 0 Å². The number of benzene rings is 2. The van der Waals surface area contributed by atoms with E-state index in [-0.39, 0.29) is 0 Å². The maximum absolute atomic E-state index is 5.34. The summed E-state index contributed by atoms with van der Waals surface area (Å²) >= 11 is 3.52. The van der Waals surface area contributed by atoms with Gasteiger partial charge in [-0.1, -0.05) is 40.7 Å². The predicted molar refractivity (Wildman–Crippen MR) is 78.4 cm³/mol. The minimum atomic E-state index is 0.481. The molecule has 3 aromatic rings. The van der Waals surface area contributed by atoms with Gasteiger partial charge in [0.2, 0.25) is 0 Å². The van der Waals surface area contributed by atoms with E-state index in [1.54, 1.807) is 0 Å². The van der Waals surface area contributed by atoms with Crippen molar-refractivity contribution in [1.82, 2.24) is 4.57 Å². The second-order valence-corrected chi connectivity index (χ2v) is 4.98. The molecular weight excluding hydrogens is 290 g/mol. The van der Waals surface area contributed by atoms with Gasteiger partial charge in [-0.25, -0.2) is 0 Å². The first-order chi connectivity index (χ1) is 8.81. The quantitative estimate of drug-likeness (QED) is 0.641. The molecule has 0 bridgehead atoms. The molecule has 0 unspecified atom stereocenters. The minimum absolute atomic E-state index is 0.481. The van der Waals surface area contributed by atoms with Gasteiger partial charge >= 0.3 is 0 Å². The maximum Gasteiger partial charge on any atom is 0.164 e. The Morgan fingerprint density at radius 1 is 1.11 bits per heavy atom. The van der Waals surface area contributed by atoms with Crippen molar-refractivity contribution in [3.05, 3.63) is 59.8 Å². The Balaban J connectivity index is 2.38. The lowest BCUT2D eigenvalue weighted by Gasteiger charge is -2.06. The summed E-state index contributed by atoms with van der Waals surface area (Å²) in [5.41, 5.74) is 2.34. The highest BCUT2D eigenvalue weighted by atomic mass is 79.9. The van der Waals surface area contributed by atoms with Gasteiger partial charge in [-0.15, -0.1) is 0 Å². The normalized spacial score (nSPS) is 10.9. The van der Waals surface area contributed by atoms with E-state index in [4.69, 9.17) is 4.74 Å². The molecule has 0 fully saturated rings. The average molecular weight is 302 g/mol. The number of para-hydroxylation sites is 1. The zero-order valence-corrected chi connectivity index (χ0v) is 11.4. The fraction of sp³-hybridized carbons (Fsp3) is 0.0667. The number of aromatic nitrogens is 1. The summed E-state index contributed by atoms with van der Waals surface area (Å²) in [6, 6.07) is 14.6. The van der Waals surface area contributed by atoms with Crippen LogP contribution in [0.1, 0.15) is 0 Å². The lowest BCUT2D eigenvalue weighted by atomic mass is 10.2. The Morgan fingerprint density at radius 3 is 2.72 bits per heavy atom. The van der Waals surface area contributed by atoms with Gasteiger partial charge < -0.3 is 9.30 Å². The fourth-order valence-electron chi connectivity index (χ4n) is 2.29. The summed E-state index contributed by atoms with van der Waals surface area (Å²) in [7, 11) is 0. The molecule has 1 aromatic heterocycles. The molecule has 3 rings (SSSR count). The third-order valence-electron chi connectivity index (χ3n) is 3.06. The van der Waals surface area contributed by atoms with Crippen molar-refractivity contribution < 1.29 is 4.74 Å². The Morgan fingerprint density at radius 2 is 1.89 bits per heavy atom. The predicted octanol–water partition coefficient (Wildman–Crippen LogP) is 4.67. The largest absolute Gasteiger partial charge is 0.481 e. The van der Waals surface area contributed by atoms with E-state index in [0.717, 1.165) is 4.47 Å². The highest BCUT2D eigenvalue weighted by Gasteiger charge is 2.09. The molecular formula is C15H12BrNO. The van der Waals surface area contributed by atoms with Crippen LogP contribution in [0.4, 0.5) is 0 Å². The van der Waals surface area contributed by atoms with Gasteiger partial charge in [-0.3, -0.25) is 0 Å². The highest BCUT2D eigenvalue weighted by Crippen LogP contribution is 2.30. The van der Waals surface area contributed by atoms with E-state index in [9.17, 15) is 0 Å². The van der Waals surface area contributed by atoms with Gasteiger partial charge in [0.25, 0.3) is 0 Å². The molecule has 0 atom stereocenters. The van der Waals surface area contributed by atoms with Crippen LogP contribution in [0.5, 0.6) is 0 Å². The van der Waals surface area contributed by atoms with Crippen molar-refractivity contribution in [3.63, 3.8) is 0 Å². The van der Waals surface area contributed by atoms with Crippen LogP contribution in [0.2, 0.25) is 0 Å². The first-order valence-electron chi connectivity index (χ1n) is 5.70. The van der Waals surface area contributed by atoms with Gasteiger partial charge in [0.1, 0.15) is 0 Å². The number of nitrogens with zero attached hydrogens (tertiary/aromatic N) is 1. The first kappa shape index (κ1) is 11.4. The van der Waals surface area contributed by atoms with E-state index >= 15 is 0 Å². The zero-order valence-electron chi connectivity index (χ0n) is 9.77. The van der Waals surface area contributed by atoms with E-state index in [1.165, 1.54) is 28.1 Å². The molecule has 0 aliphatic carbocycles. The summed E-state index contributed by atoms with van der Waals surface area (Å²) in [6.07, 6.45) is 1.47. The van der Waals surface area contributed by atoms with E-state index in [1.807, 2.05) is 12.1 Å². The van der Waals surface area contributed by atoms with Crippen LogP contribution in [0, 0.1) is 0 Å². The van der Waals surface area contributed by atoms with Gasteiger partial charge in [-0.05, 0) is 24.3 Å². The molecule has 2 aromatic carbocycles. The van der Waals surface area contributed by atoms with Crippen molar-refractivity contribution in [2.45, 2.75) is 6.73 Å². The summed E-state index contributed by atoms with van der Waals surface area (Å²) in [5.74, 6) is 0. The third-order valence-corrected chi connectivity index (χ3v) is 3.55. The molecule has 0 N–H and O–H groups in total. The Kier molecular flexibility index (Phi) is 2.84. The monoisotopic (exact) mass is 301 g/mol. The Bertz CT molecular complexity index is 730. The molecule has 0 amide bonds. The SMILES string of the molecule is C=COCn1c2ccccc2c2cc(Br)ccc21. The highest BCUT2D eigenvalue weighted by molar-refractivity contribution is 9.10. The molecule has 1 heterocycles. The Labute approximate surface area is 114 Å². The van der Waals surface area contributed by atoms with Crippen LogP contribution in [-0.4, -0.2) is 4.57 Å². The molecule has 0 aliphatic rings. The molecule has 0 saturated heterocycles. The number of fused-ring (bicyclic) bond motifs is 3. The average Bonchev–Trinajstić information content (AvgIpc) is 2.70. The van der Waals surface area contributed by atoms with E-state index in [2.05, 4.69) is 57.4 Å². The van der Waals surface area contributed by atoms with Gasteiger partial charge in [-0.2, -0.15) is 0 Å². The van der Waals surface area contributed by atoms with Crippen LogP contribution in [0.3, 0.4) is 0 Å². The third kappa shape index (κ3) is 1.71. The van der Waals surface area contributed by atoms with Crippen molar-refractivity contribution >= 4 is 37.7 Å². The number of halogens is 1. The molecule has 18 heavy (non-hydrogen) atoms. The molecule has 0 spiro atoms. The summed E-state index contributed by atoms with van der Waals surface area (Å²) in [6.45, 7) is 4.07. The molecule has 0 radical (unpaired) electrons. The van der Waals surface area contributed by atoms with E-state index in [0.29, 0.717) is 6.73 Å². The second kappa shape index (κ2) is 4.50. The van der Waals surface area contributed by atoms with Gasteiger partial charge in [0.05, 0.1) is 17.3 Å². The summed E-state index contributed by atoms with van der Waals surface area (Å²) in [4.78, 5) is 0. The smallest absolute Gasteiger partial charge is 0.164 e. The van der Waals surface area contributed by atoms with Crippen LogP contribution >= 0.6 is 15.9 Å². The maximum atomic E-state index is 5.34. The number of hydrogen-bond donors (Lipinski definition) is 0. The van der Waals surface area contributed by atoms with Gasteiger partial charge in [0.15, 0.2) is 6.73 Å². The summed E-state index contributed by atoms with van der Waals surface area (Å²) < 4.78 is 8.58. The molecule has 3 heteroatoms. The van der Waals surface area contributed by atoms with Crippen molar-refractivity contribution in [2.24, 2.45) is 0 Å². The van der Waals surface area contributed by atoms with Gasteiger partial charge in [0, 0.05) is 15.2 Å². The first-order valence-corrected chi connectivity index (χ1v) is 6.49. The van der Waals surface area contributed by atoms with Crippen LogP contribution in [0.15, 0.2) is 59.8 Å². The van der Waals surface area contributed by atoms with Crippen LogP contribution in [-0.2, 0) is 11.5 Å². The lowest BCUT2D eigenvalue weighted by Crippen LogP contribution is -1.98. The zero-order chi connectivity index (χ0) is 12.5. The molecule has 0 aliphatic heterocycles. The van der Waals surface area contributed by atoms with Crippen molar-refractivity contribution in [1.29, 1.82) is 0 Å². The Hall–Kier alpha value is -1.74. The molecule has 90 valence electrons. The molecule has 2 nitrogen and oxygen atoms in total. The molecule has 0 saturated carbocycles. The number of hydrogen-bond acceptors (Lipinski definition) is 1. The fourth-order valence-corrected chi connectivity index (χ4v) is 2.65. The van der Waals surface area contributed by atoms with Crippen LogP contribution < -0.4 is 0 Å². The lowest BCUT2D eigenvalue weighted by molar-refractivity contribution is 0.184. The summed E-state index contributed by atoms with van der Waals surface area (Å²) in [5, 5.41) is 2.47. The second-order valence-electron chi connectivity index (χ2n) is 4.07. The topological polar surface area (TPSA) is 14.2 Å². The standard InChI is InChI=1S/C15H12BrNO/c1-2-18-10-17-14-6-4-3-5-12(14)13-9-11(16)7-8-15(13)17/h2-9H,1,10H2. The van der Waals surface area contributed by atoms with Crippen LogP contribution in [0.25, 0.3) is 21.8 Å². The number of rotatable bonds is 3. The van der Waals surface area contributed by atoms with Crippen molar-refractivity contribution in [3.8, 4) is 0 Å². The van der Waals surface area contributed by atoms with Crippen molar-refractivity contribution in [2.75, 3.05) is 0 Å². The number of ether oxygens (including phenoxy) is 1.